The number of nitrogens with two attached hydrogens (primary N) is 1. The van der Waals surface area contributed by atoms with Crippen LogP contribution in [-0.4, -0.2) is 50.5 Å². The molecule has 1 aromatic heterocycles. The van der Waals surface area contributed by atoms with Gasteiger partial charge in [-0.2, -0.15) is 0 Å². The van der Waals surface area contributed by atoms with E-state index in [0.717, 1.165) is 44.8 Å². The second-order valence-electron chi connectivity index (χ2n) is 11.6. The van der Waals surface area contributed by atoms with Gasteiger partial charge in [-0.3, -0.25) is 20.0 Å². The summed E-state index contributed by atoms with van der Waals surface area (Å²) in [6.07, 6.45) is 6.88. The van der Waals surface area contributed by atoms with Gasteiger partial charge in [-0.1, -0.05) is 18.2 Å². The molecule has 3 aromatic rings. The molecule has 4 aliphatic rings. The molecule has 0 unspecified atom stereocenters. The molecule has 0 aliphatic carbocycles. The number of rotatable bonds is 4. The molecule has 0 bridgehead atoms. The van der Waals surface area contributed by atoms with Crippen molar-refractivity contribution < 1.29 is 9.59 Å². The first-order chi connectivity index (χ1) is 19.7. The summed E-state index contributed by atoms with van der Waals surface area (Å²) >= 11 is 0. The number of carbonyl (C=O) groups is 2. The van der Waals surface area contributed by atoms with E-state index in [1.807, 2.05) is 47.5 Å². The van der Waals surface area contributed by atoms with Gasteiger partial charge in [0.1, 0.15) is 0 Å². The topological polar surface area (TPSA) is 132 Å². The third-order valence-electron chi connectivity index (χ3n) is 8.33. The van der Waals surface area contributed by atoms with Gasteiger partial charge >= 0.3 is 0 Å². The lowest BCUT2D eigenvalue weighted by Crippen LogP contribution is -2.56. The van der Waals surface area contributed by atoms with Gasteiger partial charge in [0.15, 0.2) is 5.82 Å². The molecule has 4 aliphatic heterocycles. The number of benzene rings is 2. The minimum atomic E-state index is -0.936. The summed E-state index contributed by atoms with van der Waals surface area (Å²) in [5.74, 6) is 0.713. The van der Waals surface area contributed by atoms with Gasteiger partial charge in [0.2, 0.25) is 11.8 Å². The van der Waals surface area contributed by atoms with E-state index in [-0.39, 0.29) is 11.8 Å². The number of hydrogen-bond donors (Lipinski definition) is 3. The number of carbonyl (C=O) groups excluding carboxylic acids is 2. The Bertz CT molecular complexity index is 1680. The highest BCUT2D eigenvalue weighted by molar-refractivity contribution is 6.06. The number of pyridine rings is 1. The van der Waals surface area contributed by atoms with Crippen molar-refractivity contribution in [3.8, 4) is 0 Å². The van der Waals surface area contributed by atoms with Crippen LogP contribution in [0.4, 0.5) is 5.69 Å². The molecule has 11 nitrogen and oxygen atoms in total. The molecule has 1 saturated heterocycles. The van der Waals surface area contributed by atoms with Crippen LogP contribution in [0, 0.1) is 0 Å². The van der Waals surface area contributed by atoms with E-state index in [9.17, 15) is 9.59 Å². The summed E-state index contributed by atoms with van der Waals surface area (Å²) in [7, 11) is 0. The van der Waals surface area contributed by atoms with Gasteiger partial charge in [0, 0.05) is 30.4 Å². The average Bonchev–Trinajstić information content (AvgIpc) is 3.49. The quantitative estimate of drug-likeness (QED) is 0.453. The van der Waals surface area contributed by atoms with Gasteiger partial charge in [-0.05, 0) is 96.3 Å². The fourth-order valence-electron chi connectivity index (χ4n) is 6.08. The monoisotopic (exact) mass is 549 g/mol. The van der Waals surface area contributed by atoms with Crippen molar-refractivity contribution in [3.63, 3.8) is 0 Å². The number of nitrogens with one attached hydrogen (secondary N) is 2. The first kappa shape index (κ1) is 25.2. The Morgan fingerprint density at radius 2 is 1.90 bits per heavy atom. The second kappa shape index (κ2) is 9.13. The van der Waals surface area contributed by atoms with E-state index in [2.05, 4.69) is 44.4 Å². The van der Waals surface area contributed by atoms with Crippen molar-refractivity contribution >= 4 is 34.1 Å². The second-order valence-corrected chi connectivity index (χ2v) is 11.6. The summed E-state index contributed by atoms with van der Waals surface area (Å²) in [5, 5.41) is 16.3. The van der Waals surface area contributed by atoms with Gasteiger partial charge in [-0.15, -0.1) is 5.12 Å². The molecule has 0 saturated carbocycles. The fraction of sp³-hybridized carbons (Fsp3) is 0.300. The molecule has 208 valence electrons. The van der Waals surface area contributed by atoms with Gasteiger partial charge in [-0.25, -0.2) is 5.01 Å². The lowest BCUT2D eigenvalue weighted by molar-refractivity contribution is -0.139. The highest BCUT2D eigenvalue weighted by Gasteiger charge is 2.49. The summed E-state index contributed by atoms with van der Waals surface area (Å²) < 4.78 is 0. The smallest absolute Gasteiger partial charge is 0.242 e. The SMILES string of the molecule is CC(C)(N)C(=O)N1CCC2(CC1)C(=O)Nc1ccc(C3=CC=C4N(Cc5ccc6ncccc6c5)N=NN4N3)cc12. The van der Waals surface area contributed by atoms with Crippen LogP contribution in [0.1, 0.15) is 43.4 Å². The Hall–Kier alpha value is -4.77. The lowest BCUT2D eigenvalue weighted by Gasteiger charge is -2.40. The third-order valence-corrected chi connectivity index (χ3v) is 8.33. The average molecular weight is 550 g/mol. The number of piperidine rings is 1. The molecular weight excluding hydrogens is 518 g/mol. The summed E-state index contributed by atoms with van der Waals surface area (Å²) in [6.45, 7) is 4.98. The zero-order valence-corrected chi connectivity index (χ0v) is 23.0. The molecule has 2 amide bonds. The summed E-state index contributed by atoms with van der Waals surface area (Å²) in [4.78, 5) is 32.2. The molecule has 41 heavy (non-hydrogen) atoms. The Balaban J connectivity index is 1.11. The maximum Gasteiger partial charge on any atom is 0.242 e. The summed E-state index contributed by atoms with van der Waals surface area (Å²) in [5.41, 5.74) is 13.4. The fourth-order valence-corrected chi connectivity index (χ4v) is 6.08. The molecule has 2 aromatic carbocycles. The molecule has 5 heterocycles. The minimum absolute atomic E-state index is 0.00928. The van der Waals surface area contributed by atoms with Gasteiger partial charge in [0.05, 0.1) is 28.7 Å². The molecule has 7 rings (SSSR count). The van der Waals surface area contributed by atoms with Crippen LogP contribution in [0.15, 0.2) is 83.1 Å². The zero-order chi connectivity index (χ0) is 28.4. The Kier molecular flexibility index (Phi) is 5.62. The molecule has 4 N–H and O–H groups in total. The zero-order valence-electron chi connectivity index (χ0n) is 23.0. The number of allylic oxidation sites excluding steroid dienone is 2. The number of aromatic nitrogens is 1. The van der Waals surface area contributed by atoms with E-state index in [4.69, 9.17) is 5.73 Å². The first-order valence-corrected chi connectivity index (χ1v) is 13.8. The van der Waals surface area contributed by atoms with Crippen molar-refractivity contribution in [1.82, 2.24) is 25.4 Å². The van der Waals surface area contributed by atoms with Crippen LogP contribution in [0.3, 0.4) is 0 Å². The molecule has 11 heteroatoms. The number of fused-ring (bicyclic) bond motifs is 4. The molecule has 1 spiro atoms. The third kappa shape index (κ3) is 4.20. The van der Waals surface area contributed by atoms with E-state index < -0.39 is 11.0 Å². The number of amides is 2. The lowest BCUT2D eigenvalue weighted by atomic mass is 9.73. The number of likely N-dealkylation sites (tertiary alicyclic amines) is 1. The van der Waals surface area contributed by atoms with E-state index in [1.165, 1.54) is 0 Å². The van der Waals surface area contributed by atoms with Crippen LogP contribution < -0.4 is 16.5 Å². The predicted octanol–water partition coefficient (Wildman–Crippen LogP) is 3.58. The van der Waals surface area contributed by atoms with Crippen LogP contribution in [0.2, 0.25) is 0 Å². The van der Waals surface area contributed by atoms with Crippen molar-refractivity contribution in [2.75, 3.05) is 18.4 Å². The largest absolute Gasteiger partial charge is 0.341 e. The Labute approximate surface area is 237 Å². The molecule has 1 fully saturated rings. The van der Waals surface area contributed by atoms with Gasteiger partial charge in [0.25, 0.3) is 0 Å². The van der Waals surface area contributed by atoms with Crippen molar-refractivity contribution in [2.24, 2.45) is 16.2 Å². The maximum atomic E-state index is 13.3. The van der Waals surface area contributed by atoms with E-state index in [1.54, 1.807) is 30.1 Å². The van der Waals surface area contributed by atoms with Crippen LogP contribution in [0.25, 0.3) is 16.6 Å². The van der Waals surface area contributed by atoms with Gasteiger partial charge < -0.3 is 16.0 Å². The van der Waals surface area contributed by atoms with Crippen LogP contribution >= 0.6 is 0 Å². The predicted molar refractivity (Wildman–Crippen MR) is 154 cm³/mol. The highest BCUT2D eigenvalue weighted by Crippen LogP contribution is 2.46. The molecule has 0 radical (unpaired) electrons. The molecule has 0 atom stereocenters. The summed E-state index contributed by atoms with van der Waals surface area (Å²) in [6, 6.07) is 16.2. The minimum Gasteiger partial charge on any atom is -0.341 e. The molecular formula is C30H31N9O2. The number of nitrogens with zero attached hydrogens (tertiary/aromatic N) is 6. The van der Waals surface area contributed by atoms with Crippen LogP contribution in [0.5, 0.6) is 0 Å². The highest BCUT2D eigenvalue weighted by atomic mass is 16.2. The van der Waals surface area contributed by atoms with E-state index in [0.29, 0.717) is 32.5 Å². The Morgan fingerprint density at radius 3 is 2.71 bits per heavy atom. The Morgan fingerprint density at radius 1 is 1.07 bits per heavy atom. The number of hydrogen-bond acceptors (Lipinski definition) is 9. The van der Waals surface area contributed by atoms with Crippen molar-refractivity contribution in [2.45, 2.75) is 44.2 Å². The van der Waals surface area contributed by atoms with E-state index >= 15 is 0 Å². The first-order valence-electron chi connectivity index (χ1n) is 13.8. The van der Waals surface area contributed by atoms with Crippen molar-refractivity contribution in [3.05, 3.63) is 89.4 Å². The standard InChI is InChI=1S/C30H31N9O2/c1-29(2,31)28(41)37-14-11-30(12-15-37)22-17-21(6-8-25(22)33-27(30)40)24-9-10-26-38(35-36-39(26)34-24)18-19-5-7-23-20(16-19)4-3-13-32-23/h3-10,13,16-17,34H,11-12,14-15,18,31H2,1-2H3,(H,33,40). The maximum absolute atomic E-state index is 13.3. The van der Waals surface area contributed by atoms with Crippen molar-refractivity contribution in [1.29, 1.82) is 0 Å². The number of anilines is 1. The van der Waals surface area contributed by atoms with Crippen LogP contribution in [-0.2, 0) is 21.5 Å². The number of hydrazine groups is 1. The normalized spacial score (nSPS) is 19.1.